The summed E-state index contributed by atoms with van der Waals surface area (Å²) in [4.78, 5) is 13.4. The van der Waals surface area contributed by atoms with Gasteiger partial charge in [-0.25, -0.2) is 4.79 Å². The van der Waals surface area contributed by atoms with Gasteiger partial charge in [-0.2, -0.15) is 0 Å². The average Bonchev–Trinajstić information content (AvgIpc) is 3.30. The summed E-state index contributed by atoms with van der Waals surface area (Å²) in [6.07, 6.45) is 0. The van der Waals surface area contributed by atoms with Crippen molar-refractivity contribution in [3.05, 3.63) is 84.6 Å². The number of nitrogens with zero attached hydrogens (tertiary/aromatic N) is 1. The van der Waals surface area contributed by atoms with E-state index in [1.165, 1.54) is 0 Å². The molecule has 0 amide bonds. The van der Waals surface area contributed by atoms with E-state index in [9.17, 15) is 4.79 Å². The van der Waals surface area contributed by atoms with E-state index < -0.39 is 5.97 Å². The van der Waals surface area contributed by atoms with Crippen LogP contribution in [0, 0.1) is 0 Å². The Balaban J connectivity index is 2.06. The number of rotatable bonds is 8. The lowest BCUT2D eigenvalue weighted by Gasteiger charge is -2.16. The first-order valence-corrected chi connectivity index (χ1v) is 11.0. The topological polar surface area (TPSA) is 58.9 Å². The van der Waals surface area contributed by atoms with Crippen LogP contribution in [0.25, 0.3) is 28.1 Å². The molecule has 174 valence electrons. The normalized spacial score (nSPS) is 10.6. The van der Waals surface area contributed by atoms with Crippen molar-refractivity contribution in [2.45, 2.75) is 6.92 Å². The van der Waals surface area contributed by atoms with E-state index in [1.54, 1.807) is 34.3 Å². The van der Waals surface area contributed by atoms with Gasteiger partial charge in [0.05, 0.1) is 39.3 Å². The van der Waals surface area contributed by atoms with Gasteiger partial charge in [0.1, 0.15) is 22.9 Å². The summed E-state index contributed by atoms with van der Waals surface area (Å²) in [6.45, 7) is 2.05. The van der Waals surface area contributed by atoms with Crippen LogP contribution in [0.2, 0.25) is 0 Å². The lowest BCUT2D eigenvalue weighted by Crippen LogP contribution is -2.13. The summed E-state index contributed by atoms with van der Waals surface area (Å²) in [7, 11) is 4.82. The van der Waals surface area contributed by atoms with Crippen LogP contribution in [0.15, 0.2) is 78.9 Å². The smallest absolute Gasteiger partial charge is 0.355 e. The summed E-state index contributed by atoms with van der Waals surface area (Å²) in [5, 5.41) is 0. The Kier molecular flexibility index (Phi) is 6.87. The minimum Gasteiger partial charge on any atom is -0.497 e. The van der Waals surface area contributed by atoms with E-state index >= 15 is 0 Å². The molecule has 6 heteroatoms. The Morgan fingerprint density at radius 1 is 0.735 bits per heavy atom. The van der Waals surface area contributed by atoms with E-state index in [2.05, 4.69) is 0 Å². The van der Waals surface area contributed by atoms with Gasteiger partial charge in [0, 0.05) is 23.8 Å². The molecule has 0 unspecified atom stereocenters. The highest BCUT2D eigenvalue weighted by Crippen LogP contribution is 2.38. The van der Waals surface area contributed by atoms with Gasteiger partial charge in [-0.3, -0.25) is 0 Å². The quantitative estimate of drug-likeness (QED) is 0.303. The maximum absolute atomic E-state index is 13.4. The third-order valence-corrected chi connectivity index (χ3v) is 5.53. The van der Waals surface area contributed by atoms with Crippen LogP contribution >= 0.6 is 0 Å². The zero-order chi connectivity index (χ0) is 24.1. The van der Waals surface area contributed by atoms with E-state index in [4.69, 9.17) is 18.9 Å². The van der Waals surface area contributed by atoms with Crippen molar-refractivity contribution in [1.82, 2.24) is 4.57 Å². The fraction of sp³-hybridized carbons (Fsp3) is 0.179. The molecule has 1 heterocycles. The Bertz CT molecular complexity index is 1250. The molecular weight excluding hydrogens is 430 g/mol. The molecule has 0 saturated carbocycles. The van der Waals surface area contributed by atoms with Crippen molar-refractivity contribution in [2.75, 3.05) is 27.9 Å². The fourth-order valence-corrected chi connectivity index (χ4v) is 3.91. The second-order valence-corrected chi connectivity index (χ2v) is 7.51. The van der Waals surface area contributed by atoms with Crippen molar-refractivity contribution in [2.24, 2.45) is 0 Å². The number of hydrogen-bond acceptors (Lipinski definition) is 5. The van der Waals surface area contributed by atoms with Crippen LogP contribution in [0.5, 0.6) is 17.2 Å². The Labute approximate surface area is 199 Å². The van der Waals surface area contributed by atoms with E-state index in [0.717, 1.165) is 33.8 Å². The van der Waals surface area contributed by atoms with Crippen LogP contribution in [0.1, 0.15) is 17.4 Å². The monoisotopic (exact) mass is 457 g/mol. The highest BCUT2D eigenvalue weighted by molar-refractivity contribution is 5.99. The minimum atomic E-state index is -0.419. The largest absolute Gasteiger partial charge is 0.497 e. The molecule has 3 aromatic carbocycles. The number of esters is 1. The van der Waals surface area contributed by atoms with Crippen LogP contribution in [0.3, 0.4) is 0 Å². The molecule has 0 radical (unpaired) electrons. The number of ether oxygens (including phenoxy) is 4. The van der Waals surface area contributed by atoms with Gasteiger partial charge in [-0.05, 0) is 36.2 Å². The number of aromatic nitrogens is 1. The van der Waals surface area contributed by atoms with Crippen molar-refractivity contribution in [3.63, 3.8) is 0 Å². The molecule has 1 aromatic heterocycles. The van der Waals surface area contributed by atoms with Crippen molar-refractivity contribution in [3.8, 4) is 45.3 Å². The predicted octanol–water partition coefficient (Wildman–Crippen LogP) is 6.01. The van der Waals surface area contributed by atoms with Crippen molar-refractivity contribution >= 4 is 5.97 Å². The Morgan fingerprint density at radius 3 is 1.91 bits per heavy atom. The maximum atomic E-state index is 13.4. The SMILES string of the molecule is CCOC(=O)c1c(-c2ccc(OC)cc2)cc(-c2ccccc2)n1-c1cc(OC)cc(OC)c1. The number of benzene rings is 3. The molecule has 0 N–H and O–H groups in total. The zero-order valence-electron chi connectivity index (χ0n) is 19.7. The summed E-state index contributed by atoms with van der Waals surface area (Å²) >= 11 is 0. The highest BCUT2D eigenvalue weighted by Gasteiger charge is 2.26. The second kappa shape index (κ2) is 10.2. The van der Waals surface area contributed by atoms with Gasteiger partial charge in [-0.1, -0.05) is 42.5 Å². The fourth-order valence-electron chi connectivity index (χ4n) is 3.91. The van der Waals surface area contributed by atoms with Gasteiger partial charge in [-0.15, -0.1) is 0 Å². The molecule has 0 aliphatic carbocycles. The van der Waals surface area contributed by atoms with Gasteiger partial charge < -0.3 is 23.5 Å². The molecule has 0 aliphatic heterocycles. The lowest BCUT2D eigenvalue weighted by molar-refractivity contribution is 0.0518. The summed E-state index contributed by atoms with van der Waals surface area (Å²) in [5.41, 5.74) is 4.55. The summed E-state index contributed by atoms with van der Waals surface area (Å²) in [6, 6.07) is 25.1. The molecule has 4 rings (SSSR count). The third-order valence-electron chi connectivity index (χ3n) is 5.53. The Morgan fingerprint density at radius 2 is 1.35 bits per heavy atom. The molecule has 0 fully saturated rings. The zero-order valence-corrected chi connectivity index (χ0v) is 19.7. The van der Waals surface area contributed by atoms with Crippen LogP contribution in [-0.4, -0.2) is 38.5 Å². The summed E-state index contributed by atoms with van der Waals surface area (Å²) in [5.74, 6) is 1.55. The molecular formula is C28H27NO5. The van der Waals surface area contributed by atoms with Gasteiger partial charge >= 0.3 is 5.97 Å². The molecule has 4 aromatic rings. The second-order valence-electron chi connectivity index (χ2n) is 7.51. The van der Waals surface area contributed by atoms with Crippen molar-refractivity contribution < 1.29 is 23.7 Å². The maximum Gasteiger partial charge on any atom is 0.355 e. The van der Waals surface area contributed by atoms with Gasteiger partial charge in [0.15, 0.2) is 0 Å². The molecule has 34 heavy (non-hydrogen) atoms. The minimum absolute atomic E-state index is 0.258. The van der Waals surface area contributed by atoms with Gasteiger partial charge in [0.2, 0.25) is 0 Å². The van der Waals surface area contributed by atoms with Crippen molar-refractivity contribution in [1.29, 1.82) is 0 Å². The first kappa shape index (κ1) is 23.0. The molecule has 0 aliphatic rings. The number of carbonyl (C=O) groups is 1. The third kappa shape index (κ3) is 4.48. The lowest BCUT2D eigenvalue weighted by atomic mass is 10.0. The van der Waals surface area contributed by atoms with E-state index in [1.807, 2.05) is 77.4 Å². The highest BCUT2D eigenvalue weighted by atomic mass is 16.5. The average molecular weight is 458 g/mol. The number of methoxy groups -OCH3 is 3. The molecule has 0 spiro atoms. The standard InChI is InChI=1S/C28H27NO5/c1-5-34-28(30)27-25(19-11-13-22(31-2)14-12-19)18-26(20-9-7-6-8-10-20)29(27)21-15-23(32-3)17-24(16-21)33-4/h6-18H,5H2,1-4H3. The van der Waals surface area contributed by atoms with Crippen LogP contribution < -0.4 is 14.2 Å². The summed E-state index contributed by atoms with van der Waals surface area (Å²) < 4.78 is 23.7. The predicted molar refractivity (Wildman–Crippen MR) is 132 cm³/mol. The first-order chi connectivity index (χ1) is 16.6. The number of carbonyl (C=O) groups excluding carboxylic acids is 1. The van der Waals surface area contributed by atoms with Gasteiger partial charge in [0.25, 0.3) is 0 Å². The molecule has 0 bridgehead atoms. The molecule has 0 atom stereocenters. The van der Waals surface area contributed by atoms with E-state index in [-0.39, 0.29) is 6.61 Å². The molecule has 0 saturated heterocycles. The van der Waals surface area contributed by atoms with E-state index in [0.29, 0.717) is 17.2 Å². The van der Waals surface area contributed by atoms with Crippen LogP contribution in [-0.2, 0) is 4.74 Å². The first-order valence-electron chi connectivity index (χ1n) is 11.0. The van der Waals surface area contributed by atoms with Crippen LogP contribution in [0.4, 0.5) is 0 Å². The molecule has 6 nitrogen and oxygen atoms in total. The Hall–Kier alpha value is -4.19. The number of hydrogen-bond donors (Lipinski definition) is 0.